The molecular formula is C16H14F3N5O7S2. The summed E-state index contributed by atoms with van der Waals surface area (Å²) in [7, 11) is 1.10. The van der Waals surface area contributed by atoms with Crippen molar-refractivity contribution in [1.29, 1.82) is 0 Å². The number of anilines is 1. The second-order valence-electron chi connectivity index (χ2n) is 6.39. The van der Waals surface area contributed by atoms with Gasteiger partial charge in [-0.1, -0.05) is 5.16 Å². The molecule has 1 fully saturated rings. The number of hydrogen-bond acceptors (Lipinski definition) is 10. The summed E-state index contributed by atoms with van der Waals surface area (Å²) in [6.45, 7) is -0.552. The van der Waals surface area contributed by atoms with E-state index in [-0.39, 0.29) is 22.7 Å². The van der Waals surface area contributed by atoms with Crippen molar-refractivity contribution < 1.29 is 47.4 Å². The molecule has 2 aliphatic heterocycles. The summed E-state index contributed by atoms with van der Waals surface area (Å²) < 4.78 is 37.2. The summed E-state index contributed by atoms with van der Waals surface area (Å²) in [4.78, 5) is 57.0. The van der Waals surface area contributed by atoms with Crippen LogP contribution < -0.4 is 10.6 Å². The minimum Gasteiger partial charge on any atom is -0.477 e. The minimum absolute atomic E-state index is 0.117. The third-order valence-corrected chi connectivity index (χ3v) is 6.45. The fourth-order valence-electron chi connectivity index (χ4n) is 2.92. The van der Waals surface area contributed by atoms with Crippen molar-refractivity contribution in [2.75, 3.05) is 24.8 Å². The maximum absolute atomic E-state index is 12.7. The average molecular weight is 509 g/mol. The van der Waals surface area contributed by atoms with Crippen molar-refractivity contribution in [3.8, 4) is 0 Å². The molecule has 1 unspecified atom stereocenters. The second kappa shape index (κ2) is 9.36. The third-order valence-electron chi connectivity index (χ3n) is 4.35. The molecule has 1 saturated heterocycles. The van der Waals surface area contributed by atoms with E-state index in [2.05, 4.69) is 20.3 Å². The number of carbonyl (C=O) groups is 4. The molecule has 17 heteroatoms. The van der Waals surface area contributed by atoms with E-state index in [1.165, 1.54) is 0 Å². The Morgan fingerprint density at radius 2 is 2.09 bits per heavy atom. The molecule has 2 atom stereocenters. The number of carbonyl (C=O) groups excluding carboxylic acids is 3. The summed E-state index contributed by atoms with van der Waals surface area (Å²) in [5.41, 5.74) is -0.921. The first kappa shape index (κ1) is 24.5. The van der Waals surface area contributed by atoms with E-state index >= 15 is 0 Å². The van der Waals surface area contributed by atoms with Gasteiger partial charge in [0, 0.05) is 11.1 Å². The summed E-state index contributed by atoms with van der Waals surface area (Å²) in [6, 6.07) is -1.14. The molecular weight excluding hydrogens is 495 g/mol. The quantitative estimate of drug-likeness (QED) is 0.219. The molecule has 2 aliphatic rings. The van der Waals surface area contributed by atoms with Crippen LogP contribution in [0.3, 0.4) is 0 Å². The number of aliphatic hydroxyl groups is 1. The van der Waals surface area contributed by atoms with E-state index in [9.17, 15) is 42.6 Å². The molecule has 1 aromatic heterocycles. The number of carboxylic acid groups (broad SMARTS) is 1. The summed E-state index contributed by atoms with van der Waals surface area (Å²) in [6.07, 6.45) is -5.14. The Balaban J connectivity index is 1.75. The Hall–Kier alpha value is -3.18. The molecule has 0 spiro atoms. The van der Waals surface area contributed by atoms with Gasteiger partial charge in [0.15, 0.2) is 10.8 Å². The number of hydrogen-bond donors (Lipinski definition) is 4. The number of aliphatic hydroxyl groups excluding tert-OH is 1. The van der Waals surface area contributed by atoms with Crippen molar-refractivity contribution >= 4 is 57.6 Å². The molecule has 33 heavy (non-hydrogen) atoms. The fraction of sp³-hybridized carbons (Fsp3) is 0.375. The maximum Gasteiger partial charge on any atom is 0.471 e. The largest absolute Gasteiger partial charge is 0.477 e. The minimum atomic E-state index is -5.14. The van der Waals surface area contributed by atoms with Gasteiger partial charge in [0.25, 0.3) is 11.8 Å². The SMILES string of the molecule is CO/N=C(/C(=O)NC1C(=O)N2C(C(=O)O)=C(CO)CS[C@H]12)c1csc(NC(=O)C(F)(F)F)n1. The zero-order valence-corrected chi connectivity index (χ0v) is 18.0. The lowest BCUT2D eigenvalue weighted by atomic mass is 10.0. The van der Waals surface area contributed by atoms with Crippen molar-refractivity contribution in [2.24, 2.45) is 5.16 Å². The van der Waals surface area contributed by atoms with Gasteiger partial charge in [0.05, 0.1) is 6.61 Å². The molecule has 0 aromatic carbocycles. The van der Waals surface area contributed by atoms with Gasteiger partial charge in [-0.2, -0.15) is 13.2 Å². The number of amides is 3. The number of fused-ring (bicyclic) bond motifs is 1. The molecule has 0 saturated carbocycles. The molecule has 3 amide bonds. The zero-order chi connectivity index (χ0) is 24.5. The molecule has 178 valence electrons. The van der Waals surface area contributed by atoms with E-state index in [0.29, 0.717) is 11.3 Å². The van der Waals surface area contributed by atoms with Gasteiger partial charge in [-0.05, 0) is 5.57 Å². The van der Waals surface area contributed by atoms with Crippen LogP contribution in [0.5, 0.6) is 0 Å². The number of rotatable bonds is 7. The zero-order valence-electron chi connectivity index (χ0n) is 16.4. The first-order valence-corrected chi connectivity index (χ1v) is 10.7. The van der Waals surface area contributed by atoms with Crippen molar-refractivity contribution in [3.63, 3.8) is 0 Å². The van der Waals surface area contributed by atoms with Crippen molar-refractivity contribution in [2.45, 2.75) is 17.6 Å². The van der Waals surface area contributed by atoms with Crippen LogP contribution in [0.1, 0.15) is 5.69 Å². The Bertz CT molecular complexity index is 1070. The molecule has 4 N–H and O–H groups in total. The maximum atomic E-state index is 12.7. The van der Waals surface area contributed by atoms with Crippen LogP contribution in [0.4, 0.5) is 18.3 Å². The summed E-state index contributed by atoms with van der Waals surface area (Å²) in [5.74, 6) is -5.25. The fourth-order valence-corrected chi connectivity index (χ4v) is 4.94. The second-order valence-corrected chi connectivity index (χ2v) is 8.35. The molecule has 0 aliphatic carbocycles. The highest BCUT2D eigenvalue weighted by Crippen LogP contribution is 2.40. The molecule has 0 radical (unpaired) electrons. The highest BCUT2D eigenvalue weighted by Gasteiger charge is 2.54. The van der Waals surface area contributed by atoms with Crippen LogP contribution >= 0.6 is 23.1 Å². The lowest BCUT2D eigenvalue weighted by Gasteiger charge is -2.49. The Kier molecular flexibility index (Phi) is 6.94. The number of carboxylic acids is 1. The highest BCUT2D eigenvalue weighted by atomic mass is 32.2. The molecule has 12 nitrogen and oxygen atoms in total. The van der Waals surface area contributed by atoms with Crippen molar-refractivity contribution in [3.05, 3.63) is 22.3 Å². The van der Waals surface area contributed by atoms with Crippen LogP contribution in [0, 0.1) is 0 Å². The van der Waals surface area contributed by atoms with Gasteiger partial charge in [0.2, 0.25) is 0 Å². The van der Waals surface area contributed by atoms with Gasteiger partial charge in [-0.15, -0.1) is 23.1 Å². The van der Waals surface area contributed by atoms with E-state index in [1.54, 1.807) is 5.32 Å². The lowest BCUT2D eigenvalue weighted by molar-refractivity contribution is -0.167. The van der Waals surface area contributed by atoms with Gasteiger partial charge in [-0.25, -0.2) is 9.78 Å². The van der Waals surface area contributed by atoms with Gasteiger partial charge in [0.1, 0.15) is 29.9 Å². The molecule has 3 rings (SSSR count). The lowest BCUT2D eigenvalue weighted by Crippen LogP contribution is -2.71. The first-order valence-electron chi connectivity index (χ1n) is 8.76. The van der Waals surface area contributed by atoms with E-state index in [0.717, 1.165) is 29.2 Å². The van der Waals surface area contributed by atoms with E-state index in [4.69, 9.17) is 0 Å². The van der Waals surface area contributed by atoms with Crippen molar-refractivity contribution in [1.82, 2.24) is 15.2 Å². The molecule has 3 heterocycles. The number of oxime groups is 1. The Labute approximate surface area is 190 Å². The number of aliphatic carboxylic acids is 1. The third kappa shape index (κ3) is 4.79. The smallest absolute Gasteiger partial charge is 0.471 e. The number of aromatic nitrogens is 1. The van der Waals surface area contributed by atoms with Crippen LogP contribution in [0.2, 0.25) is 0 Å². The first-order chi connectivity index (χ1) is 15.5. The molecule has 0 bridgehead atoms. The number of nitrogens with one attached hydrogen (secondary N) is 2. The van der Waals surface area contributed by atoms with E-state index in [1.807, 2.05) is 0 Å². The Morgan fingerprint density at radius 1 is 1.39 bits per heavy atom. The number of nitrogens with zero attached hydrogens (tertiary/aromatic N) is 3. The number of β-lactam (4-membered cyclic amide) rings is 1. The normalized spacial score (nSPS) is 20.7. The monoisotopic (exact) mass is 509 g/mol. The number of thioether (sulfide) groups is 1. The van der Waals surface area contributed by atoms with Crippen LogP contribution in [0.15, 0.2) is 21.8 Å². The van der Waals surface area contributed by atoms with Crippen LogP contribution in [-0.4, -0.2) is 86.6 Å². The van der Waals surface area contributed by atoms with Crippen LogP contribution in [-0.2, 0) is 24.0 Å². The van der Waals surface area contributed by atoms with Crippen LogP contribution in [0.25, 0.3) is 0 Å². The van der Waals surface area contributed by atoms with Gasteiger partial charge < -0.3 is 20.4 Å². The predicted molar refractivity (Wildman–Crippen MR) is 107 cm³/mol. The van der Waals surface area contributed by atoms with Gasteiger partial charge >= 0.3 is 18.1 Å². The average Bonchev–Trinajstić information content (AvgIpc) is 3.21. The summed E-state index contributed by atoms with van der Waals surface area (Å²) >= 11 is 1.72. The predicted octanol–water partition coefficient (Wildman–Crippen LogP) is -0.275. The van der Waals surface area contributed by atoms with E-state index < -0.39 is 58.7 Å². The molecule has 1 aromatic rings. The number of thiazole rings is 1. The number of alkyl halides is 3. The highest BCUT2D eigenvalue weighted by molar-refractivity contribution is 8.00. The standard InChI is InChI=1S/C16H14F3N5O7S2/c1-31-23-7(6-4-33-15(20-6)22-14(30)16(17,18)19)10(26)21-8-11(27)24-9(13(28)29)5(2-25)3-32-12(8)24/h4,8,12,25H,2-3H2,1H3,(H,21,26)(H,28,29)(H,20,22,30)/b23-7+/t8?,12-/m1/s1. The Morgan fingerprint density at radius 3 is 2.67 bits per heavy atom. The topological polar surface area (TPSA) is 171 Å². The summed E-state index contributed by atoms with van der Waals surface area (Å²) in [5, 5.41) is 26.0. The number of halogens is 3. The van der Waals surface area contributed by atoms with Gasteiger partial charge in [-0.3, -0.25) is 24.6 Å².